The number of hydrogen-bond donors (Lipinski definition) is 0. The smallest absolute Gasteiger partial charge is 0.132 e. The molecule has 0 heterocycles. The first-order valence-electron chi connectivity index (χ1n) is 7.23. The molecule has 0 saturated carbocycles. The van der Waals surface area contributed by atoms with E-state index in [1.807, 2.05) is 0 Å². The summed E-state index contributed by atoms with van der Waals surface area (Å²) in [5.74, 6) is 1.16. The molecule has 0 aliphatic rings. The van der Waals surface area contributed by atoms with Crippen molar-refractivity contribution in [1.82, 2.24) is 0 Å². The van der Waals surface area contributed by atoms with E-state index in [1.165, 1.54) is 16.7 Å². The SMILES string of the molecule is COc1ccc(C(c2ccccc2)c2ccccc2)cc1I. The van der Waals surface area contributed by atoms with Gasteiger partial charge in [0.2, 0.25) is 0 Å². The van der Waals surface area contributed by atoms with Crippen molar-refractivity contribution in [2.45, 2.75) is 5.92 Å². The Hall–Kier alpha value is -1.81. The molecule has 0 aliphatic carbocycles. The predicted molar refractivity (Wildman–Crippen MR) is 99.5 cm³/mol. The first kappa shape index (κ1) is 15.1. The summed E-state index contributed by atoms with van der Waals surface area (Å²) in [7, 11) is 1.71. The Bertz CT molecular complexity index is 699. The van der Waals surface area contributed by atoms with Gasteiger partial charge in [-0.15, -0.1) is 0 Å². The van der Waals surface area contributed by atoms with E-state index < -0.39 is 0 Å². The van der Waals surface area contributed by atoms with E-state index in [0.717, 1.165) is 9.32 Å². The van der Waals surface area contributed by atoms with Gasteiger partial charge in [0.15, 0.2) is 0 Å². The van der Waals surface area contributed by atoms with Gasteiger partial charge in [-0.3, -0.25) is 0 Å². The summed E-state index contributed by atoms with van der Waals surface area (Å²) in [5.41, 5.74) is 3.88. The molecule has 0 aromatic heterocycles. The first-order valence-corrected chi connectivity index (χ1v) is 8.31. The molecule has 0 fully saturated rings. The fourth-order valence-corrected chi connectivity index (χ4v) is 3.49. The van der Waals surface area contributed by atoms with E-state index in [0.29, 0.717) is 0 Å². The Kier molecular flexibility index (Phi) is 4.78. The number of hydrogen-bond acceptors (Lipinski definition) is 1. The third-order valence-corrected chi connectivity index (χ3v) is 4.62. The first-order chi connectivity index (χ1) is 10.8. The van der Waals surface area contributed by atoms with Crippen LogP contribution in [0.25, 0.3) is 0 Å². The number of methoxy groups -OCH3 is 1. The fourth-order valence-electron chi connectivity index (χ4n) is 2.73. The van der Waals surface area contributed by atoms with E-state index in [-0.39, 0.29) is 5.92 Å². The summed E-state index contributed by atoms with van der Waals surface area (Å²) in [6, 6.07) is 27.7. The van der Waals surface area contributed by atoms with E-state index >= 15 is 0 Å². The summed E-state index contributed by atoms with van der Waals surface area (Å²) in [4.78, 5) is 0. The monoisotopic (exact) mass is 400 g/mol. The van der Waals surface area contributed by atoms with Gasteiger partial charge in [-0.25, -0.2) is 0 Å². The number of ether oxygens (including phenoxy) is 1. The maximum Gasteiger partial charge on any atom is 0.132 e. The molecule has 110 valence electrons. The second-order valence-corrected chi connectivity index (χ2v) is 6.31. The highest BCUT2D eigenvalue weighted by atomic mass is 127. The van der Waals surface area contributed by atoms with Gasteiger partial charge >= 0.3 is 0 Å². The van der Waals surface area contributed by atoms with E-state index in [2.05, 4.69) is 101 Å². The fraction of sp³-hybridized carbons (Fsp3) is 0.100. The Labute approximate surface area is 145 Å². The summed E-state index contributed by atoms with van der Waals surface area (Å²) >= 11 is 2.33. The second kappa shape index (κ2) is 6.97. The molecule has 3 aromatic carbocycles. The Morgan fingerprint density at radius 3 is 1.73 bits per heavy atom. The topological polar surface area (TPSA) is 9.23 Å². The second-order valence-electron chi connectivity index (χ2n) is 5.15. The summed E-state index contributed by atoms with van der Waals surface area (Å²) in [6.45, 7) is 0. The number of benzene rings is 3. The van der Waals surface area contributed by atoms with Gasteiger partial charge in [-0.2, -0.15) is 0 Å². The van der Waals surface area contributed by atoms with Crippen LogP contribution in [0.2, 0.25) is 0 Å². The van der Waals surface area contributed by atoms with Crippen LogP contribution in [0.5, 0.6) is 5.75 Å². The standard InChI is InChI=1S/C20H17IO/c1-22-19-13-12-17(14-18(19)21)20(15-8-4-2-5-9-15)16-10-6-3-7-11-16/h2-14,20H,1H3. The lowest BCUT2D eigenvalue weighted by Crippen LogP contribution is -2.04. The van der Waals surface area contributed by atoms with Gasteiger partial charge in [0.25, 0.3) is 0 Å². The van der Waals surface area contributed by atoms with E-state index in [1.54, 1.807) is 7.11 Å². The van der Waals surface area contributed by atoms with Crippen LogP contribution in [0, 0.1) is 3.57 Å². The lowest BCUT2D eigenvalue weighted by molar-refractivity contribution is 0.411. The van der Waals surface area contributed by atoms with Crippen LogP contribution in [0.15, 0.2) is 78.9 Å². The minimum atomic E-state index is 0.238. The van der Waals surface area contributed by atoms with Crippen molar-refractivity contribution in [2.75, 3.05) is 7.11 Å². The van der Waals surface area contributed by atoms with Gasteiger partial charge in [-0.05, 0) is 51.4 Å². The average Bonchev–Trinajstić information content (AvgIpc) is 2.57. The molecular weight excluding hydrogens is 383 g/mol. The lowest BCUT2D eigenvalue weighted by Gasteiger charge is -2.19. The molecular formula is C20H17IO. The van der Waals surface area contributed by atoms with Crippen molar-refractivity contribution in [3.63, 3.8) is 0 Å². The van der Waals surface area contributed by atoms with Gasteiger partial charge in [-0.1, -0.05) is 66.7 Å². The maximum atomic E-state index is 5.38. The molecule has 0 radical (unpaired) electrons. The quantitative estimate of drug-likeness (QED) is 0.416. The molecule has 0 spiro atoms. The largest absolute Gasteiger partial charge is 0.496 e. The number of rotatable bonds is 4. The Morgan fingerprint density at radius 1 is 0.727 bits per heavy atom. The van der Waals surface area contributed by atoms with Gasteiger partial charge in [0.1, 0.15) is 5.75 Å². The van der Waals surface area contributed by atoms with Gasteiger partial charge in [0, 0.05) is 5.92 Å². The summed E-state index contributed by atoms with van der Waals surface area (Å²) < 4.78 is 6.52. The van der Waals surface area contributed by atoms with E-state index in [9.17, 15) is 0 Å². The average molecular weight is 400 g/mol. The molecule has 0 unspecified atom stereocenters. The predicted octanol–water partition coefficient (Wildman–Crippen LogP) is 5.48. The van der Waals surface area contributed by atoms with Crippen LogP contribution in [0.4, 0.5) is 0 Å². The van der Waals surface area contributed by atoms with Crippen molar-refractivity contribution in [3.8, 4) is 5.75 Å². The number of halogens is 1. The molecule has 0 atom stereocenters. The Balaban J connectivity index is 2.12. The molecule has 0 saturated heterocycles. The zero-order chi connectivity index (χ0) is 15.4. The molecule has 3 aromatic rings. The summed E-state index contributed by atoms with van der Waals surface area (Å²) in [5, 5.41) is 0. The van der Waals surface area contributed by atoms with Crippen LogP contribution in [0.3, 0.4) is 0 Å². The van der Waals surface area contributed by atoms with Gasteiger partial charge in [0.05, 0.1) is 10.7 Å². The molecule has 1 nitrogen and oxygen atoms in total. The molecule has 0 amide bonds. The van der Waals surface area contributed by atoms with Crippen molar-refractivity contribution >= 4 is 22.6 Å². The maximum absolute atomic E-state index is 5.38. The Morgan fingerprint density at radius 2 is 1.27 bits per heavy atom. The van der Waals surface area contributed by atoms with Gasteiger partial charge < -0.3 is 4.74 Å². The zero-order valence-electron chi connectivity index (χ0n) is 12.4. The third-order valence-electron chi connectivity index (χ3n) is 3.77. The molecule has 0 bridgehead atoms. The van der Waals surface area contributed by atoms with Crippen LogP contribution in [-0.2, 0) is 0 Å². The van der Waals surface area contributed by atoms with Crippen molar-refractivity contribution < 1.29 is 4.74 Å². The normalized spacial score (nSPS) is 10.7. The highest BCUT2D eigenvalue weighted by molar-refractivity contribution is 14.1. The molecule has 0 aliphatic heterocycles. The zero-order valence-corrected chi connectivity index (χ0v) is 14.5. The minimum Gasteiger partial charge on any atom is -0.496 e. The highest BCUT2D eigenvalue weighted by Gasteiger charge is 2.17. The minimum absolute atomic E-state index is 0.238. The molecule has 22 heavy (non-hydrogen) atoms. The van der Waals surface area contributed by atoms with E-state index in [4.69, 9.17) is 4.74 Å². The highest BCUT2D eigenvalue weighted by Crippen LogP contribution is 2.34. The third kappa shape index (κ3) is 3.17. The lowest BCUT2D eigenvalue weighted by atomic mass is 9.85. The molecule has 3 rings (SSSR count). The van der Waals surface area contributed by atoms with Crippen molar-refractivity contribution in [1.29, 1.82) is 0 Å². The van der Waals surface area contributed by atoms with Crippen LogP contribution in [0.1, 0.15) is 22.6 Å². The van der Waals surface area contributed by atoms with Crippen LogP contribution >= 0.6 is 22.6 Å². The molecule has 0 N–H and O–H groups in total. The van der Waals surface area contributed by atoms with Crippen LogP contribution in [-0.4, -0.2) is 7.11 Å². The van der Waals surface area contributed by atoms with Crippen molar-refractivity contribution in [2.24, 2.45) is 0 Å². The molecule has 2 heteroatoms. The summed E-state index contributed by atoms with van der Waals surface area (Å²) in [6.07, 6.45) is 0. The van der Waals surface area contributed by atoms with Crippen LogP contribution < -0.4 is 4.74 Å². The van der Waals surface area contributed by atoms with Crippen molar-refractivity contribution in [3.05, 3.63) is 99.1 Å².